The van der Waals surface area contributed by atoms with Gasteiger partial charge < -0.3 is 15.3 Å². The van der Waals surface area contributed by atoms with Crippen LogP contribution in [0, 0.1) is 5.92 Å². The molecule has 2 aliphatic rings. The van der Waals surface area contributed by atoms with Gasteiger partial charge in [-0.15, -0.1) is 0 Å². The Kier molecular flexibility index (Phi) is 4.39. The highest BCUT2D eigenvalue weighted by Gasteiger charge is 2.57. The molecule has 1 aromatic rings. The Labute approximate surface area is 141 Å². The highest BCUT2D eigenvalue weighted by atomic mass is 32.1. The standard InChI is InChI=1S/C18H21FN2OS/c1-21(11-9-13-6-3-2-4-7-13)17(23)20-18-10-5-8-15(22)16(19)14(18)12-18/h2-7,10,14,22H,8-9,11-12H2,1H3,(H,20,23). The molecule has 0 saturated heterocycles. The van der Waals surface area contributed by atoms with Crippen molar-refractivity contribution < 1.29 is 9.50 Å². The van der Waals surface area contributed by atoms with E-state index in [1.54, 1.807) is 0 Å². The van der Waals surface area contributed by atoms with Crippen molar-refractivity contribution in [2.75, 3.05) is 13.6 Å². The predicted molar refractivity (Wildman–Crippen MR) is 93.9 cm³/mol. The number of allylic oxidation sites excluding steroid dienone is 1. The summed E-state index contributed by atoms with van der Waals surface area (Å²) in [5.41, 5.74) is 0.796. The fourth-order valence-electron chi connectivity index (χ4n) is 2.98. The number of nitrogens with zero attached hydrogens (tertiary/aromatic N) is 1. The molecule has 23 heavy (non-hydrogen) atoms. The van der Waals surface area contributed by atoms with Crippen molar-refractivity contribution in [3.63, 3.8) is 0 Å². The monoisotopic (exact) mass is 332 g/mol. The minimum Gasteiger partial charge on any atom is -0.509 e. The number of likely N-dealkylation sites (N-methyl/N-ethyl adjacent to an activating group) is 1. The Morgan fingerprint density at radius 1 is 1.43 bits per heavy atom. The van der Waals surface area contributed by atoms with E-state index >= 15 is 0 Å². The maximum atomic E-state index is 14.0. The second-order valence-corrected chi connectivity index (χ2v) is 6.67. The Bertz CT molecular complexity index is 658. The molecule has 3 nitrogen and oxygen atoms in total. The minimum atomic E-state index is -0.466. The summed E-state index contributed by atoms with van der Waals surface area (Å²) in [7, 11) is 1.94. The van der Waals surface area contributed by atoms with Crippen LogP contribution in [-0.4, -0.2) is 34.3 Å². The summed E-state index contributed by atoms with van der Waals surface area (Å²) in [6.45, 7) is 0.796. The SMILES string of the molecule is CN(CCc1ccccc1)C(=S)NC12C=CCC(O)=C(F)C1C2. The van der Waals surface area contributed by atoms with Gasteiger partial charge in [-0.05, 0) is 30.6 Å². The maximum absolute atomic E-state index is 14.0. The van der Waals surface area contributed by atoms with Crippen LogP contribution < -0.4 is 5.32 Å². The number of rotatable bonds is 4. The Balaban J connectivity index is 1.57. The number of aliphatic hydroxyl groups excluding tert-OH is 1. The van der Waals surface area contributed by atoms with Gasteiger partial charge in [-0.25, -0.2) is 4.39 Å². The van der Waals surface area contributed by atoms with Crippen LogP contribution in [0.25, 0.3) is 0 Å². The molecule has 0 heterocycles. The van der Waals surface area contributed by atoms with Gasteiger partial charge >= 0.3 is 0 Å². The molecule has 5 heteroatoms. The summed E-state index contributed by atoms with van der Waals surface area (Å²) in [6, 6.07) is 10.2. The number of hydrogen-bond acceptors (Lipinski definition) is 2. The van der Waals surface area contributed by atoms with E-state index in [0.717, 1.165) is 13.0 Å². The molecule has 2 aliphatic carbocycles. The fourth-order valence-corrected chi connectivity index (χ4v) is 3.26. The summed E-state index contributed by atoms with van der Waals surface area (Å²) in [6.07, 6.45) is 5.54. The van der Waals surface area contributed by atoms with Gasteiger partial charge in [0.1, 0.15) is 11.6 Å². The molecule has 2 unspecified atom stereocenters. The number of fused-ring (bicyclic) bond motifs is 1. The molecule has 1 fully saturated rings. The number of benzene rings is 1. The molecule has 122 valence electrons. The Morgan fingerprint density at radius 3 is 2.91 bits per heavy atom. The number of hydrogen-bond donors (Lipinski definition) is 2. The summed E-state index contributed by atoms with van der Waals surface area (Å²) < 4.78 is 14.0. The van der Waals surface area contributed by atoms with Crippen LogP contribution in [0.4, 0.5) is 4.39 Å². The number of nitrogens with one attached hydrogen (secondary N) is 1. The first-order valence-corrected chi connectivity index (χ1v) is 8.25. The van der Waals surface area contributed by atoms with Crippen molar-refractivity contribution in [1.82, 2.24) is 10.2 Å². The smallest absolute Gasteiger partial charge is 0.169 e. The summed E-state index contributed by atoms with van der Waals surface area (Å²) >= 11 is 5.46. The zero-order chi connectivity index (χ0) is 16.4. The van der Waals surface area contributed by atoms with Crippen LogP contribution in [0.2, 0.25) is 0 Å². The molecule has 2 atom stereocenters. The lowest BCUT2D eigenvalue weighted by Crippen LogP contribution is -2.45. The van der Waals surface area contributed by atoms with Gasteiger partial charge in [0.05, 0.1) is 5.54 Å². The van der Waals surface area contributed by atoms with Gasteiger partial charge in [0.2, 0.25) is 0 Å². The van der Waals surface area contributed by atoms with Crippen molar-refractivity contribution in [1.29, 1.82) is 0 Å². The average molecular weight is 332 g/mol. The van der Waals surface area contributed by atoms with Crippen LogP contribution in [0.1, 0.15) is 18.4 Å². The van der Waals surface area contributed by atoms with Gasteiger partial charge in [-0.1, -0.05) is 42.5 Å². The van der Waals surface area contributed by atoms with Crippen LogP contribution in [-0.2, 0) is 6.42 Å². The number of halogens is 1. The largest absolute Gasteiger partial charge is 0.509 e. The first kappa shape index (κ1) is 16.0. The van der Waals surface area contributed by atoms with E-state index in [-0.39, 0.29) is 18.1 Å². The van der Waals surface area contributed by atoms with E-state index in [4.69, 9.17) is 12.2 Å². The zero-order valence-corrected chi connectivity index (χ0v) is 13.9. The van der Waals surface area contributed by atoms with Gasteiger partial charge in [-0.3, -0.25) is 0 Å². The summed E-state index contributed by atoms with van der Waals surface area (Å²) in [5, 5.41) is 13.5. The third-order valence-electron chi connectivity index (χ3n) is 4.58. The molecular formula is C18H21FN2OS. The molecule has 0 amide bonds. The molecule has 0 radical (unpaired) electrons. The topological polar surface area (TPSA) is 35.5 Å². The first-order valence-electron chi connectivity index (χ1n) is 7.84. The van der Waals surface area contributed by atoms with Crippen molar-refractivity contribution in [2.24, 2.45) is 5.92 Å². The Morgan fingerprint density at radius 2 is 2.17 bits per heavy atom. The first-order chi connectivity index (χ1) is 11.0. The highest BCUT2D eigenvalue weighted by Crippen LogP contribution is 2.52. The fraction of sp³-hybridized carbons (Fsp3) is 0.389. The van der Waals surface area contributed by atoms with E-state index in [9.17, 15) is 9.50 Å². The summed E-state index contributed by atoms with van der Waals surface area (Å²) in [4.78, 5) is 1.98. The van der Waals surface area contributed by atoms with Crippen LogP contribution in [0.3, 0.4) is 0 Å². The zero-order valence-electron chi connectivity index (χ0n) is 13.1. The van der Waals surface area contributed by atoms with Crippen molar-refractivity contribution in [3.05, 3.63) is 59.6 Å². The second-order valence-electron chi connectivity index (χ2n) is 6.29. The molecule has 0 bridgehead atoms. The Hall–Kier alpha value is -1.88. The third-order valence-corrected chi connectivity index (χ3v) is 4.99. The maximum Gasteiger partial charge on any atom is 0.169 e. The molecule has 2 N–H and O–H groups in total. The van der Waals surface area contributed by atoms with E-state index in [1.165, 1.54) is 5.56 Å². The lowest BCUT2D eigenvalue weighted by molar-refractivity contribution is 0.358. The van der Waals surface area contributed by atoms with Crippen LogP contribution in [0.5, 0.6) is 0 Å². The van der Waals surface area contributed by atoms with Crippen LogP contribution in [0.15, 0.2) is 54.1 Å². The van der Waals surface area contributed by atoms with Crippen molar-refractivity contribution in [3.8, 4) is 0 Å². The van der Waals surface area contributed by atoms with E-state index < -0.39 is 11.4 Å². The number of thiocarbonyl (C=S) groups is 1. The molecule has 1 aromatic carbocycles. The lowest BCUT2D eigenvalue weighted by atomic mass is 10.1. The van der Waals surface area contributed by atoms with Gasteiger partial charge in [0, 0.05) is 25.9 Å². The molecular weight excluding hydrogens is 311 g/mol. The van der Waals surface area contributed by atoms with E-state index in [0.29, 0.717) is 11.5 Å². The van der Waals surface area contributed by atoms with Crippen molar-refractivity contribution >= 4 is 17.3 Å². The predicted octanol–water partition coefficient (Wildman–Crippen LogP) is 3.49. The number of aliphatic hydroxyl groups is 1. The molecule has 3 rings (SSSR count). The highest BCUT2D eigenvalue weighted by molar-refractivity contribution is 7.80. The quantitative estimate of drug-likeness (QED) is 0.653. The van der Waals surface area contributed by atoms with Crippen molar-refractivity contribution in [2.45, 2.75) is 24.8 Å². The molecule has 0 aliphatic heterocycles. The van der Waals surface area contributed by atoms with E-state index in [2.05, 4.69) is 17.4 Å². The molecule has 0 spiro atoms. The average Bonchev–Trinajstić information content (AvgIpc) is 3.27. The molecule has 1 saturated carbocycles. The van der Waals surface area contributed by atoms with Gasteiger partial charge in [-0.2, -0.15) is 0 Å². The van der Waals surface area contributed by atoms with E-state index in [1.807, 2.05) is 42.3 Å². The third kappa shape index (κ3) is 3.39. The minimum absolute atomic E-state index is 0.157. The normalized spacial score (nSPS) is 25.6. The molecule has 0 aromatic heterocycles. The van der Waals surface area contributed by atoms with Gasteiger partial charge in [0.25, 0.3) is 0 Å². The van der Waals surface area contributed by atoms with Gasteiger partial charge in [0.15, 0.2) is 5.11 Å². The summed E-state index contributed by atoms with van der Waals surface area (Å²) in [5.74, 6) is -0.866. The lowest BCUT2D eigenvalue weighted by Gasteiger charge is -2.25. The second kappa shape index (κ2) is 6.32. The van der Waals surface area contributed by atoms with Crippen LogP contribution >= 0.6 is 12.2 Å².